The topological polar surface area (TPSA) is 71.4 Å². The molecular weight excluding hydrogens is 252 g/mol. The number of carbonyl (C=O) groups is 1. The minimum Gasteiger partial charge on any atom is -0.481 e. The van der Waals surface area contributed by atoms with Gasteiger partial charge in [-0.3, -0.25) is 4.79 Å². The van der Waals surface area contributed by atoms with Gasteiger partial charge in [0.15, 0.2) is 9.84 Å². The predicted octanol–water partition coefficient (Wildman–Crippen LogP) is 1.50. The van der Waals surface area contributed by atoms with Crippen LogP contribution in [0.5, 0.6) is 0 Å². The Labute approximate surface area is 107 Å². The zero-order valence-corrected chi connectivity index (χ0v) is 10.6. The van der Waals surface area contributed by atoms with Crippen molar-refractivity contribution in [2.75, 3.05) is 5.75 Å². The van der Waals surface area contributed by atoms with Gasteiger partial charge in [-0.05, 0) is 24.1 Å². The van der Waals surface area contributed by atoms with Gasteiger partial charge in [0.1, 0.15) is 0 Å². The van der Waals surface area contributed by atoms with E-state index >= 15 is 0 Å². The van der Waals surface area contributed by atoms with E-state index in [1.54, 1.807) is 0 Å². The van der Waals surface area contributed by atoms with Gasteiger partial charge >= 0.3 is 5.97 Å². The number of carboxylic acids is 1. The highest BCUT2D eigenvalue weighted by Gasteiger charge is 2.13. The normalized spacial score (nSPS) is 10.8. The van der Waals surface area contributed by atoms with E-state index in [0.29, 0.717) is 18.4 Å². The van der Waals surface area contributed by atoms with Crippen LogP contribution in [-0.4, -0.2) is 25.2 Å². The van der Waals surface area contributed by atoms with Crippen LogP contribution in [0.1, 0.15) is 18.4 Å². The van der Waals surface area contributed by atoms with Crippen LogP contribution in [0, 0.1) is 12.3 Å². The van der Waals surface area contributed by atoms with Crippen molar-refractivity contribution >= 4 is 15.8 Å². The molecule has 96 valence electrons. The second-order valence-corrected chi connectivity index (χ2v) is 5.95. The molecule has 0 fully saturated rings. The second-order valence-electron chi connectivity index (χ2n) is 3.84. The molecule has 0 saturated carbocycles. The maximum absolute atomic E-state index is 11.9. The highest BCUT2D eigenvalue weighted by molar-refractivity contribution is 7.91. The van der Waals surface area contributed by atoms with Crippen molar-refractivity contribution in [1.29, 1.82) is 0 Å². The summed E-state index contributed by atoms with van der Waals surface area (Å²) in [6.45, 7) is 0. The first kappa shape index (κ1) is 14.3. The van der Waals surface area contributed by atoms with Crippen molar-refractivity contribution in [1.82, 2.24) is 0 Å². The number of hydrogen-bond acceptors (Lipinski definition) is 3. The third-order valence-corrected chi connectivity index (χ3v) is 4.19. The average Bonchev–Trinajstić information content (AvgIpc) is 2.29. The number of terminal acetylenes is 1. The average molecular weight is 266 g/mol. The maximum atomic E-state index is 11.9. The first-order valence-electron chi connectivity index (χ1n) is 5.42. The Morgan fingerprint density at radius 1 is 1.28 bits per heavy atom. The summed E-state index contributed by atoms with van der Waals surface area (Å²) >= 11 is 0. The Kier molecular flexibility index (Phi) is 4.93. The number of unbranched alkanes of at least 4 members (excludes halogenated alkanes) is 1. The van der Waals surface area contributed by atoms with Crippen LogP contribution in [0.25, 0.3) is 0 Å². The van der Waals surface area contributed by atoms with E-state index in [4.69, 9.17) is 11.5 Å². The highest BCUT2D eigenvalue weighted by Crippen LogP contribution is 2.14. The van der Waals surface area contributed by atoms with E-state index in [1.807, 2.05) is 0 Å². The van der Waals surface area contributed by atoms with Gasteiger partial charge in [-0.1, -0.05) is 12.1 Å². The molecule has 4 nitrogen and oxygen atoms in total. The van der Waals surface area contributed by atoms with Crippen LogP contribution < -0.4 is 0 Å². The lowest BCUT2D eigenvalue weighted by molar-refractivity contribution is -0.136. The van der Waals surface area contributed by atoms with Crippen LogP contribution >= 0.6 is 0 Å². The Balaban J connectivity index is 2.78. The van der Waals surface area contributed by atoms with E-state index in [2.05, 4.69) is 5.92 Å². The molecule has 0 spiro atoms. The summed E-state index contributed by atoms with van der Waals surface area (Å²) < 4.78 is 23.7. The molecule has 0 saturated heterocycles. The van der Waals surface area contributed by atoms with Crippen molar-refractivity contribution in [2.24, 2.45) is 0 Å². The number of sulfone groups is 1. The van der Waals surface area contributed by atoms with Gasteiger partial charge in [0.2, 0.25) is 0 Å². The molecule has 0 aliphatic rings. The van der Waals surface area contributed by atoms with Gasteiger partial charge in [-0.2, -0.15) is 0 Å². The lowest BCUT2D eigenvalue weighted by Gasteiger charge is -2.04. The van der Waals surface area contributed by atoms with Crippen LogP contribution in [0.15, 0.2) is 29.2 Å². The molecule has 1 rings (SSSR count). The zero-order chi connectivity index (χ0) is 13.6. The summed E-state index contributed by atoms with van der Waals surface area (Å²) in [4.78, 5) is 10.7. The molecule has 0 aliphatic carbocycles. The standard InChI is InChI=1S/C13H14O4S/c1-2-3-4-9-18(16,17)12-7-5-11(6-8-12)10-13(14)15/h1,5-8H,3-4,9-10H2,(H,14,15). The third kappa shape index (κ3) is 4.22. The molecule has 0 radical (unpaired) electrons. The molecular formula is C13H14O4S. The van der Waals surface area contributed by atoms with E-state index in [0.717, 1.165) is 0 Å². The Morgan fingerprint density at radius 2 is 1.89 bits per heavy atom. The Hall–Kier alpha value is -1.80. The van der Waals surface area contributed by atoms with E-state index in [1.165, 1.54) is 24.3 Å². The minimum absolute atomic E-state index is 0.00940. The molecule has 0 amide bonds. The van der Waals surface area contributed by atoms with Crippen LogP contribution in [0.2, 0.25) is 0 Å². The predicted molar refractivity (Wildman–Crippen MR) is 67.9 cm³/mol. The molecule has 0 atom stereocenters. The second kappa shape index (κ2) is 6.22. The summed E-state index contributed by atoms with van der Waals surface area (Å²) in [7, 11) is -3.32. The molecule has 0 aromatic heterocycles. The minimum atomic E-state index is -3.32. The number of rotatable bonds is 6. The maximum Gasteiger partial charge on any atom is 0.307 e. The fraction of sp³-hybridized carbons (Fsp3) is 0.308. The zero-order valence-electron chi connectivity index (χ0n) is 9.80. The SMILES string of the molecule is C#CCCCS(=O)(=O)c1ccc(CC(=O)O)cc1. The van der Waals surface area contributed by atoms with Gasteiger partial charge in [-0.25, -0.2) is 8.42 Å². The summed E-state index contributed by atoms with van der Waals surface area (Å²) in [5.74, 6) is 1.46. The highest BCUT2D eigenvalue weighted by atomic mass is 32.2. The van der Waals surface area contributed by atoms with Crippen LogP contribution in [0.3, 0.4) is 0 Å². The van der Waals surface area contributed by atoms with Gasteiger partial charge in [0.25, 0.3) is 0 Å². The van der Waals surface area contributed by atoms with Crippen molar-refractivity contribution in [3.05, 3.63) is 29.8 Å². The summed E-state index contributed by atoms with van der Waals surface area (Å²) in [5, 5.41) is 8.60. The Bertz CT molecular complexity index is 550. The molecule has 1 aromatic rings. The lowest BCUT2D eigenvalue weighted by Crippen LogP contribution is -2.07. The molecule has 18 heavy (non-hydrogen) atoms. The third-order valence-electron chi connectivity index (χ3n) is 2.37. The Morgan fingerprint density at radius 3 is 2.39 bits per heavy atom. The van der Waals surface area contributed by atoms with Gasteiger partial charge in [0.05, 0.1) is 17.1 Å². The lowest BCUT2D eigenvalue weighted by atomic mass is 10.2. The van der Waals surface area contributed by atoms with Gasteiger partial charge < -0.3 is 5.11 Å². The molecule has 5 heteroatoms. The first-order chi connectivity index (χ1) is 8.45. The van der Waals surface area contributed by atoms with Crippen molar-refractivity contribution < 1.29 is 18.3 Å². The van der Waals surface area contributed by atoms with Crippen molar-refractivity contribution in [3.8, 4) is 12.3 Å². The molecule has 0 unspecified atom stereocenters. The molecule has 0 bridgehead atoms. The number of aliphatic carboxylic acids is 1. The van der Waals surface area contributed by atoms with Crippen LogP contribution in [0.4, 0.5) is 0 Å². The first-order valence-corrected chi connectivity index (χ1v) is 7.08. The number of benzene rings is 1. The summed E-state index contributed by atoms with van der Waals surface area (Å²) in [6, 6.07) is 5.90. The van der Waals surface area contributed by atoms with Crippen molar-refractivity contribution in [3.63, 3.8) is 0 Å². The molecule has 1 aromatic carbocycles. The fourth-order valence-corrected chi connectivity index (χ4v) is 2.78. The van der Waals surface area contributed by atoms with Crippen molar-refractivity contribution in [2.45, 2.75) is 24.2 Å². The van der Waals surface area contributed by atoms with E-state index < -0.39 is 15.8 Å². The fourth-order valence-electron chi connectivity index (χ4n) is 1.47. The molecule has 1 N–H and O–H groups in total. The van der Waals surface area contributed by atoms with E-state index in [-0.39, 0.29) is 17.1 Å². The quantitative estimate of drug-likeness (QED) is 0.625. The molecule has 0 aliphatic heterocycles. The number of hydrogen-bond donors (Lipinski definition) is 1. The largest absolute Gasteiger partial charge is 0.481 e. The van der Waals surface area contributed by atoms with Crippen LogP contribution in [-0.2, 0) is 21.1 Å². The number of carboxylic acid groups (broad SMARTS) is 1. The van der Waals surface area contributed by atoms with E-state index in [9.17, 15) is 13.2 Å². The van der Waals surface area contributed by atoms with Gasteiger partial charge in [-0.15, -0.1) is 12.3 Å². The molecule has 0 heterocycles. The summed E-state index contributed by atoms with van der Waals surface area (Å²) in [6.07, 6.45) is 5.80. The van der Waals surface area contributed by atoms with Gasteiger partial charge in [0, 0.05) is 6.42 Å². The smallest absolute Gasteiger partial charge is 0.307 e. The summed E-state index contributed by atoms with van der Waals surface area (Å²) in [5.41, 5.74) is 0.574. The monoisotopic (exact) mass is 266 g/mol.